The SMILES string of the molecule is COCCn1c(=NC(=O)COc2ccc(C(C)C)cc2)sc2cc(C)ccc21. The van der Waals surface area contributed by atoms with Crippen molar-refractivity contribution in [1.29, 1.82) is 0 Å². The molecule has 0 saturated carbocycles. The summed E-state index contributed by atoms with van der Waals surface area (Å²) < 4.78 is 14.0. The zero-order valence-corrected chi connectivity index (χ0v) is 17.6. The smallest absolute Gasteiger partial charge is 0.286 e. The monoisotopic (exact) mass is 398 g/mol. The maximum Gasteiger partial charge on any atom is 0.286 e. The van der Waals surface area contributed by atoms with E-state index in [-0.39, 0.29) is 12.5 Å². The number of fused-ring (bicyclic) bond motifs is 1. The molecular formula is C22H26N2O3S. The molecule has 0 aliphatic heterocycles. The molecule has 0 aliphatic carbocycles. The Balaban J connectivity index is 1.79. The van der Waals surface area contributed by atoms with Crippen LogP contribution in [0, 0.1) is 6.92 Å². The Morgan fingerprint density at radius 3 is 2.61 bits per heavy atom. The van der Waals surface area contributed by atoms with Gasteiger partial charge in [-0.25, -0.2) is 0 Å². The second-order valence-electron chi connectivity index (χ2n) is 7.02. The van der Waals surface area contributed by atoms with Gasteiger partial charge in [0.25, 0.3) is 5.91 Å². The van der Waals surface area contributed by atoms with Crippen molar-refractivity contribution in [1.82, 2.24) is 4.57 Å². The third-order valence-electron chi connectivity index (χ3n) is 4.49. The Morgan fingerprint density at radius 2 is 1.93 bits per heavy atom. The van der Waals surface area contributed by atoms with Gasteiger partial charge in [-0.1, -0.05) is 43.4 Å². The normalized spacial score (nSPS) is 12.1. The lowest BCUT2D eigenvalue weighted by Gasteiger charge is -2.07. The number of thiazole rings is 1. The summed E-state index contributed by atoms with van der Waals surface area (Å²) in [6.07, 6.45) is 0. The van der Waals surface area contributed by atoms with Gasteiger partial charge in [-0.05, 0) is 48.2 Å². The highest BCUT2D eigenvalue weighted by Crippen LogP contribution is 2.20. The summed E-state index contributed by atoms with van der Waals surface area (Å²) in [5.74, 6) is 0.833. The van der Waals surface area contributed by atoms with E-state index in [9.17, 15) is 4.79 Å². The molecule has 1 amide bonds. The molecule has 1 aromatic heterocycles. The molecule has 0 aliphatic rings. The van der Waals surface area contributed by atoms with Crippen molar-refractivity contribution in [3.8, 4) is 5.75 Å². The van der Waals surface area contributed by atoms with Crippen LogP contribution in [0.25, 0.3) is 10.2 Å². The average molecular weight is 399 g/mol. The second kappa shape index (κ2) is 9.17. The number of carbonyl (C=O) groups excluding carboxylic acids is 1. The fourth-order valence-electron chi connectivity index (χ4n) is 2.90. The first-order valence-electron chi connectivity index (χ1n) is 9.37. The van der Waals surface area contributed by atoms with Crippen LogP contribution in [0.4, 0.5) is 0 Å². The van der Waals surface area contributed by atoms with Crippen LogP contribution >= 0.6 is 11.3 Å². The second-order valence-corrected chi connectivity index (χ2v) is 8.03. The van der Waals surface area contributed by atoms with Gasteiger partial charge >= 0.3 is 0 Å². The van der Waals surface area contributed by atoms with E-state index in [1.807, 2.05) is 28.8 Å². The Bertz CT molecular complexity index is 1020. The molecule has 0 N–H and O–H groups in total. The van der Waals surface area contributed by atoms with E-state index >= 15 is 0 Å². The Morgan fingerprint density at radius 1 is 1.18 bits per heavy atom. The van der Waals surface area contributed by atoms with Crippen LogP contribution in [-0.4, -0.2) is 30.8 Å². The van der Waals surface area contributed by atoms with Crippen molar-refractivity contribution in [2.75, 3.05) is 20.3 Å². The molecule has 0 unspecified atom stereocenters. The number of aryl methyl sites for hydroxylation is 1. The molecule has 2 aromatic carbocycles. The third-order valence-corrected chi connectivity index (χ3v) is 5.53. The van der Waals surface area contributed by atoms with E-state index in [1.165, 1.54) is 22.5 Å². The van der Waals surface area contributed by atoms with Crippen LogP contribution in [0.2, 0.25) is 0 Å². The van der Waals surface area contributed by atoms with Gasteiger partial charge in [0.15, 0.2) is 11.4 Å². The summed E-state index contributed by atoms with van der Waals surface area (Å²) in [6, 6.07) is 14.1. The first kappa shape index (κ1) is 20.3. The van der Waals surface area contributed by atoms with Gasteiger partial charge in [0.2, 0.25) is 0 Å². The molecule has 0 spiro atoms. The molecular weight excluding hydrogens is 372 g/mol. The molecule has 0 fully saturated rings. The van der Waals surface area contributed by atoms with Gasteiger partial charge in [0.1, 0.15) is 5.75 Å². The van der Waals surface area contributed by atoms with Crippen LogP contribution < -0.4 is 9.54 Å². The Hall–Kier alpha value is -2.44. The zero-order chi connectivity index (χ0) is 20.1. The summed E-state index contributed by atoms with van der Waals surface area (Å²) in [7, 11) is 1.67. The Labute approximate surface area is 169 Å². The van der Waals surface area contributed by atoms with E-state index in [4.69, 9.17) is 9.47 Å². The predicted molar refractivity (Wildman–Crippen MR) is 113 cm³/mol. The minimum Gasteiger partial charge on any atom is -0.484 e. The largest absolute Gasteiger partial charge is 0.484 e. The van der Waals surface area contributed by atoms with Crippen molar-refractivity contribution < 1.29 is 14.3 Å². The first-order chi connectivity index (χ1) is 13.5. The van der Waals surface area contributed by atoms with E-state index in [2.05, 4.69) is 44.0 Å². The molecule has 148 valence electrons. The number of methoxy groups -OCH3 is 1. The number of rotatable bonds is 7. The predicted octanol–water partition coefficient (Wildman–Crippen LogP) is 4.29. The van der Waals surface area contributed by atoms with Crippen molar-refractivity contribution in [3.63, 3.8) is 0 Å². The van der Waals surface area contributed by atoms with Crippen LogP contribution in [0.3, 0.4) is 0 Å². The minimum absolute atomic E-state index is 0.0847. The number of ether oxygens (including phenoxy) is 2. The van der Waals surface area contributed by atoms with Crippen LogP contribution in [0.15, 0.2) is 47.5 Å². The molecule has 0 bridgehead atoms. The lowest BCUT2D eigenvalue weighted by atomic mass is 10.0. The van der Waals surface area contributed by atoms with Crippen molar-refractivity contribution in [3.05, 3.63) is 58.4 Å². The van der Waals surface area contributed by atoms with Gasteiger partial charge in [-0.3, -0.25) is 4.79 Å². The molecule has 0 saturated heterocycles. The maximum absolute atomic E-state index is 12.4. The Kier molecular flexibility index (Phi) is 6.65. The van der Waals surface area contributed by atoms with Crippen LogP contribution in [0.5, 0.6) is 5.75 Å². The average Bonchev–Trinajstić information content (AvgIpc) is 3.00. The molecule has 1 heterocycles. The standard InChI is InChI=1S/C22H26N2O3S/c1-15(2)17-6-8-18(9-7-17)27-14-21(25)23-22-24(11-12-26-4)19-10-5-16(3)13-20(19)28-22/h5-10,13,15H,11-12,14H2,1-4H3. The van der Waals surface area contributed by atoms with Crippen molar-refractivity contribution in [2.24, 2.45) is 4.99 Å². The van der Waals surface area contributed by atoms with Gasteiger partial charge < -0.3 is 14.0 Å². The topological polar surface area (TPSA) is 52.8 Å². The van der Waals surface area contributed by atoms with Gasteiger partial charge in [-0.15, -0.1) is 0 Å². The van der Waals surface area contributed by atoms with Gasteiger partial charge in [0.05, 0.1) is 16.8 Å². The quantitative estimate of drug-likeness (QED) is 0.597. The first-order valence-corrected chi connectivity index (χ1v) is 10.2. The highest BCUT2D eigenvalue weighted by molar-refractivity contribution is 7.16. The molecule has 0 radical (unpaired) electrons. The van der Waals surface area contributed by atoms with Crippen molar-refractivity contribution >= 4 is 27.5 Å². The molecule has 28 heavy (non-hydrogen) atoms. The number of nitrogens with zero attached hydrogens (tertiary/aromatic N) is 2. The summed E-state index contributed by atoms with van der Waals surface area (Å²) in [5, 5.41) is 0. The molecule has 3 aromatic rings. The maximum atomic E-state index is 12.4. The molecule has 3 rings (SSSR count). The van der Waals surface area contributed by atoms with Crippen LogP contribution in [-0.2, 0) is 16.1 Å². The highest BCUT2D eigenvalue weighted by Gasteiger charge is 2.09. The summed E-state index contributed by atoms with van der Waals surface area (Å²) in [5.41, 5.74) is 3.48. The summed E-state index contributed by atoms with van der Waals surface area (Å²) in [6.45, 7) is 7.45. The number of benzene rings is 2. The lowest BCUT2D eigenvalue weighted by Crippen LogP contribution is -2.21. The fourth-order valence-corrected chi connectivity index (χ4v) is 4.07. The van der Waals surface area contributed by atoms with Crippen molar-refractivity contribution in [2.45, 2.75) is 33.2 Å². The highest BCUT2D eigenvalue weighted by atomic mass is 32.1. The third kappa shape index (κ3) is 4.88. The number of carbonyl (C=O) groups is 1. The summed E-state index contributed by atoms with van der Waals surface area (Å²) >= 11 is 1.51. The number of hydrogen-bond donors (Lipinski definition) is 0. The number of amides is 1. The minimum atomic E-state index is -0.303. The number of aromatic nitrogens is 1. The molecule has 6 heteroatoms. The van der Waals surface area contributed by atoms with Gasteiger partial charge in [0, 0.05) is 13.7 Å². The van der Waals surface area contributed by atoms with E-state index in [1.54, 1.807) is 7.11 Å². The van der Waals surface area contributed by atoms with Gasteiger partial charge in [-0.2, -0.15) is 4.99 Å². The van der Waals surface area contributed by atoms with E-state index in [0.29, 0.717) is 29.6 Å². The van der Waals surface area contributed by atoms with Crippen LogP contribution in [0.1, 0.15) is 30.9 Å². The fraction of sp³-hybridized carbons (Fsp3) is 0.364. The zero-order valence-electron chi connectivity index (χ0n) is 16.8. The molecule has 0 atom stereocenters. The number of hydrogen-bond acceptors (Lipinski definition) is 4. The molecule has 5 nitrogen and oxygen atoms in total. The van der Waals surface area contributed by atoms with E-state index in [0.717, 1.165) is 10.2 Å². The lowest BCUT2D eigenvalue weighted by molar-refractivity contribution is -0.120. The van der Waals surface area contributed by atoms with E-state index < -0.39 is 0 Å². The summed E-state index contributed by atoms with van der Waals surface area (Å²) in [4.78, 5) is 17.4.